The van der Waals surface area contributed by atoms with E-state index in [-0.39, 0.29) is 18.4 Å². The highest BCUT2D eigenvalue weighted by Crippen LogP contribution is 2.19. The van der Waals surface area contributed by atoms with E-state index in [2.05, 4.69) is 5.32 Å². The number of methoxy groups -OCH3 is 1. The third kappa shape index (κ3) is 7.88. The van der Waals surface area contributed by atoms with Crippen molar-refractivity contribution in [2.45, 2.75) is 39.3 Å². The summed E-state index contributed by atoms with van der Waals surface area (Å²) in [6.07, 6.45) is 1.23. The first-order valence-electron chi connectivity index (χ1n) is 11.9. The van der Waals surface area contributed by atoms with E-state index in [9.17, 15) is 9.59 Å². The number of hydrogen-bond donors (Lipinski definition) is 1. The van der Waals surface area contributed by atoms with Gasteiger partial charge in [-0.05, 0) is 48.7 Å². The molecule has 0 radical (unpaired) electrons. The third-order valence-electron chi connectivity index (χ3n) is 5.68. The second kappa shape index (κ2) is 13.2. The Labute approximate surface area is 207 Å². The molecule has 6 heteroatoms. The lowest BCUT2D eigenvalue weighted by atomic mass is 10.0. The Morgan fingerprint density at radius 3 is 2.26 bits per heavy atom. The van der Waals surface area contributed by atoms with Gasteiger partial charge < -0.3 is 19.7 Å². The van der Waals surface area contributed by atoms with E-state index < -0.39 is 6.04 Å². The van der Waals surface area contributed by atoms with Crippen molar-refractivity contribution in [3.63, 3.8) is 0 Å². The van der Waals surface area contributed by atoms with Crippen LogP contribution in [-0.2, 0) is 22.6 Å². The van der Waals surface area contributed by atoms with E-state index >= 15 is 0 Å². The number of nitrogens with zero attached hydrogens (tertiary/aromatic N) is 1. The first-order valence-corrected chi connectivity index (χ1v) is 11.9. The van der Waals surface area contributed by atoms with Crippen LogP contribution in [0, 0.1) is 6.92 Å². The Bertz CT molecular complexity index is 1080. The second-order valence-corrected chi connectivity index (χ2v) is 8.47. The van der Waals surface area contributed by atoms with Gasteiger partial charge in [-0.1, -0.05) is 67.1 Å². The van der Waals surface area contributed by atoms with Gasteiger partial charge in [0.05, 0.1) is 7.11 Å². The Morgan fingerprint density at radius 2 is 1.60 bits per heavy atom. The predicted molar refractivity (Wildman–Crippen MR) is 137 cm³/mol. The van der Waals surface area contributed by atoms with Gasteiger partial charge in [0, 0.05) is 19.5 Å². The fourth-order valence-electron chi connectivity index (χ4n) is 3.83. The summed E-state index contributed by atoms with van der Waals surface area (Å²) in [7, 11) is 1.60. The maximum absolute atomic E-state index is 13.5. The van der Waals surface area contributed by atoms with Crippen LogP contribution in [-0.4, -0.2) is 43.0 Å². The predicted octanol–water partition coefficient (Wildman–Crippen LogP) is 4.55. The highest BCUT2D eigenvalue weighted by molar-refractivity contribution is 5.88. The van der Waals surface area contributed by atoms with Crippen molar-refractivity contribution in [3.05, 3.63) is 95.6 Å². The van der Waals surface area contributed by atoms with Crippen LogP contribution >= 0.6 is 0 Å². The topological polar surface area (TPSA) is 67.9 Å². The minimum atomic E-state index is -0.670. The van der Waals surface area contributed by atoms with E-state index in [1.807, 2.05) is 68.4 Å². The monoisotopic (exact) mass is 474 g/mol. The molecule has 0 heterocycles. The average molecular weight is 475 g/mol. The Hall–Kier alpha value is -3.80. The number of ether oxygens (including phenoxy) is 2. The van der Waals surface area contributed by atoms with Gasteiger partial charge >= 0.3 is 0 Å². The van der Waals surface area contributed by atoms with Gasteiger partial charge in [0.2, 0.25) is 5.91 Å². The number of carbonyl (C=O) groups excluding carboxylic acids is 2. The SMILES string of the molecule is CCCNC(=O)C(Cc1ccccc1)N(Cc1cccc(C)c1)C(=O)COc1ccc(OC)cc1. The molecular weight excluding hydrogens is 440 g/mol. The highest BCUT2D eigenvalue weighted by atomic mass is 16.5. The largest absolute Gasteiger partial charge is 0.497 e. The molecule has 3 rings (SSSR count). The summed E-state index contributed by atoms with van der Waals surface area (Å²) in [6, 6.07) is 24.2. The zero-order chi connectivity index (χ0) is 25.0. The van der Waals surface area contributed by atoms with E-state index in [4.69, 9.17) is 9.47 Å². The molecule has 0 saturated heterocycles. The van der Waals surface area contributed by atoms with Gasteiger partial charge in [-0.25, -0.2) is 0 Å². The lowest BCUT2D eigenvalue weighted by molar-refractivity contribution is -0.142. The van der Waals surface area contributed by atoms with Crippen molar-refractivity contribution in [1.82, 2.24) is 10.2 Å². The number of amides is 2. The average Bonchev–Trinajstić information content (AvgIpc) is 2.88. The van der Waals surface area contributed by atoms with Crippen LogP contribution in [0.3, 0.4) is 0 Å². The van der Waals surface area contributed by atoms with Crippen molar-refractivity contribution in [1.29, 1.82) is 0 Å². The van der Waals surface area contributed by atoms with Gasteiger partial charge in [0.25, 0.3) is 5.91 Å². The maximum Gasteiger partial charge on any atom is 0.261 e. The lowest BCUT2D eigenvalue weighted by Crippen LogP contribution is -2.51. The molecule has 0 aliphatic carbocycles. The van der Waals surface area contributed by atoms with Gasteiger partial charge in [-0.15, -0.1) is 0 Å². The summed E-state index contributed by atoms with van der Waals surface area (Å²) in [5.41, 5.74) is 3.05. The second-order valence-electron chi connectivity index (χ2n) is 8.47. The quantitative estimate of drug-likeness (QED) is 0.418. The van der Waals surface area contributed by atoms with Crippen LogP contribution in [0.2, 0.25) is 0 Å². The number of hydrogen-bond acceptors (Lipinski definition) is 4. The van der Waals surface area contributed by atoms with Gasteiger partial charge in [-0.2, -0.15) is 0 Å². The molecule has 3 aromatic rings. The zero-order valence-corrected chi connectivity index (χ0v) is 20.7. The molecule has 0 spiro atoms. The molecule has 0 aromatic heterocycles. The molecule has 0 aliphatic rings. The Balaban J connectivity index is 1.87. The Kier molecular flexibility index (Phi) is 9.72. The smallest absolute Gasteiger partial charge is 0.261 e. The van der Waals surface area contributed by atoms with Crippen molar-refractivity contribution in [2.75, 3.05) is 20.3 Å². The molecule has 2 amide bonds. The number of aryl methyl sites for hydroxylation is 1. The number of carbonyl (C=O) groups is 2. The molecule has 1 atom stereocenters. The number of rotatable bonds is 12. The van der Waals surface area contributed by atoms with E-state index in [0.29, 0.717) is 31.0 Å². The van der Waals surface area contributed by atoms with E-state index in [1.165, 1.54) is 0 Å². The van der Waals surface area contributed by atoms with E-state index in [0.717, 1.165) is 23.1 Å². The maximum atomic E-state index is 13.5. The third-order valence-corrected chi connectivity index (χ3v) is 5.68. The first-order chi connectivity index (χ1) is 17.0. The van der Waals surface area contributed by atoms with Crippen LogP contribution < -0.4 is 14.8 Å². The van der Waals surface area contributed by atoms with Crippen molar-refractivity contribution >= 4 is 11.8 Å². The Morgan fingerprint density at radius 1 is 0.914 bits per heavy atom. The summed E-state index contributed by atoms with van der Waals surface area (Å²) in [6.45, 7) is 4.70. The molecule has 0 fully saturated rings. The van der Waals surface area contributed by atoms with Crippen LogP contribution in [0.5, 0.6) is 11.5 Å². The fraction of sp³-hybridized carbons (Fsp3) is 0.310. The minimum absolute atomic E-state index is 0.166. The van der Waals surface area contributed by atoms with Crippen molar-refractivity contribution in [3.8, 4) is 11.5 Å². The molecule has 35 heavy (non-hydrogen) atoms. The highest BCUT2D eigenvalue weighted by Gasteiger charge is 2.30. The molecule has 0 saturated carbocycles. The van der Waals surface area contributed by atoms with Crippen LogP contribution in [0.15, 0.2) is 78.9 Å². The number of nitrogens with one attached hydrogen (secondary N) is 1. The molecule has 184 valence electrons. The summed E-state index contributed by atoms with van der Waals surface area (Å²) in [5, 5.41) is 2.98. The molecule has 0 aliphatic heterocycles. The fourth-order valence-corrected chi connectivity index (χ4v) is 3.83. The zero-order valence-electron chi connectivity index (χ0n) is 20.7. The molecule has 6 nitrogen and oxygen atoms in total. The number of benzene rings is 3. The van der Waals surface area contributed by atoms with Gasteiger partial charge in [-0.3, -0.25) is 9.59 Å². The van der Waals surface area contributed by atoms with Gasteiger partial charge in [0.15, 0.2) is 6.61 Å². The molecule has 3 aromatic carbocycles. The summed E-state index contributed by atoms with van der Waals surface area (Å²) in [5.74, 6) is 0.848. The lowest BCUT2D eigenvalue weighted by Gasteiger charge is -2.31. The minimum Gasteiger partial charge on any atom is -0.497 e. The molecule has 0 bridgehead atoms. The van der Waals surface area contributed by atoms with Crippen molar-refractivity contribution in [2.24, 2.45) is 0 Å². The summed E-state index contributed by atoms with van der Waals surface area (Å²) < 4.78 is 11.0. The van der Waals surface area contributed by atoms with Crippen LogP contribution in [0.4, 0.5) is 0 Å². The normalized spacial score (nSPS) is 11.4. The molecular formula is C29H34N2O4. The van der Waals surface area contributed by atoms with Crippen LogP contribution in [0.25, 0.3) is 0 Å². The first kappa shape index (κ1) is 25.8. The summed E-state index contributed by atoms with van der Waals surface area (Å²) in [4.78, 5) is 28.5. The molecule has 1 unspecified atom stereocenters. The van der Waals surface area contributed by atoms with Crippen molar-refractivity contribution < 1.29 is 19.1 Å². The summed E-state index contributed by atoms with van der Waals surface area (Å²) >= 11 is 0. The van der Waals surface area contributed by atoms with Gasteiger partial charge in [0.1, 0.15) is 17.5 Å². The van der Waals surface area contributed by atoms with Crippen LogP contribution in [0.1, 0.15) is 30.0 Å². The van der Waals surface area contributed by atoms with E-state index in [1.54, 1.807) is 36.3 Å². The molecule has 1 N–H and O–H groups in total. The standard InChI is InChI=1S/C29H34N2O4/c1-4-17-30-29(33)27(19-23-10-6-5-7-11-23)31(20-24-12-8-9-22(2)18-24)28(32)21-35-26-15-13-25(34-3)14-16-26/h5-16,18,27H,4,17,19-21H2,1-3H3,(H,30,33).